The van der Waals surface area contributed by atoms with Crippen molar-refractivity contribution in [3.8, 4) is 5.75 Å². The summed E-state index contributed by atoms with van der Waals surface area (Å²) in [6.07, 6.45) is 6.73. The average molecular weight is 414 g/mol. The van der Waals surface area contributed by atoms with Crippen LogP contribution in [0.5, 0.6) is 5.75 Å². The van der Waals surface area contributed by atoms with Gasteiger partial charge < -0.3 is 9.30 Å². The highest BCUT2D eigenvalue weighted by atomic mass is 35.5. The summed E-state index contributed by atoms with van der Waals surface area (Å²) in [5, 5.41) is 1.07. The summed E-state index contributed by atoms with van der Waals surface area (Å²) in [7, 11) is 3.36. The van der Waals surface area contributed by atoms with Crippen molar-refractivity contribution in [2.75, 3.05) is 12.0 Å². The van der Waals surface area contributed by atoms with Crippen LogP contribution in [-0.4, -0.2) is 32.5 Å². The smallest absolute Gasteiger partial charge is 0.296 e. The fourth-order valence-corrected chi connectivity index (χ4v) is 4.07. The molecule has 1 amide bonds. The van der Waals surface area contributed by atoms with Crippen molar-refractivity contribution >= 4 is 44.2 Å². The van der Waals surface area contributed by atoms with Gasteiger partial charge in [-0.25, -0.2) is 9.97 Å². The Labute approximate surface area is 170 Å². The molecule has 0 aliphatic carbocycles. The number of anilines is 1. The lowest BCUT2D eigenvalue weighted by atomic mass is 10.2. The number of thiazole rings is 1. The topological polar surface area (TPSA) is 73.1 Å². The molecule has 0 spiro atoms. The third-order valence-corrected chi connectivity index (χ3v) is 5.76. The van der Waals surface area contributed by atoms with E-state index in [0.29, 0.717) is 33.8 Å². The van der Waals surface area contributed by atoms with Crippen molar-refractivity contribution in [3.05, 3.63) is 65.5 Å². The molecule has 0 aliphatic rings. The van der Waals surface area contributed by atoms with E-state index in [1.165, 1.54) is 11.3 Å². The van der Waals surface area contributed by atoms with Gasteiger partial charge in [0.2, 0.25) is 0 Å². The predicted octanol–water partition coefficient (Wildman–Crippen LogP) is 3.93. The second-order valence-electron chi connectivity index (χ2n) is 6.04. The summed E-state index contributed by atoms with van der Waals surface area (Å²) in [6.45, 7) is 0.305. The first-order chi connectivity index (χ1) is 13.6. The Morgan fingerprint density at radius 1 is 1.32 bits per heavy atom. The molecular formula is C19H16ClN5O2S. The van der Waals surface area contributed by atoms with E-state index in [9.17, 15) is 4.79 Å². The van der Waals surface area contributed by atoms with Crippen molar-refractivity contribution in [1.82, 2.24) is 19.5 Å². The fourth-order valence-electron chi connectivity index (χ4n) is 2.81. The minimum Gasteiger partial charge on any atom is -0.494 e. The lowest BCUT2D eigenvalue weighted by molar-refractivity contribution is 0.0972. The van der Waals surface area contributed by atoms with E-state index in [2.05, 4.69) is 15.0 Å². The number of rotatable bonds is 5. The number of ether oxygens (including phenoxy) is 1. The van der Waals surface area contributed by atoms with Crippen molar-refractivity contribution in [2.45, 2.75) is 6.54 Å². The van der Waals surface area contributed by atoms with Crippen LogP contribution in [-0.2, 0) is 13.6 Å². The number of imidazole rings is 1. The summed E-state index contributed by atoms with van der Waals surface area (Å²) in [4.78, 5) is 27.8. The van der Waals surface area contributed by atoms with E-state index in [1.807, 2.05) is 12.1 Å². The number of aromatic nitrogens is 4. The minimum atomic E-state index is -0.259. The first-order valence-corrected chi connectivity index (χ1v) is 9.59. The van der Waals surface area contributed by atoms with Crippen LogP contribution >= 0.6 is 22.9 Å². The largest absolute Gasteiger partial charge is 0.494 e. The molecule has 4 aromatic rings. The summed E-state index contributed by atoms with van der Waals surface area (Å²) < 4.78 is 7.85. The van der Waals surface area contributed by atoms with Crippen molar-refractivity contribution in [2.24, 2.45) is 7.05 Å². The lowest BCUT2D eigenvalue weighted by Crippen LogP contribution is -2.32. The molecule has 0 saturated heterocycles. The molecule has 0 unspecified atom stereocenters. The normalized spacial score (nSPS) is 11.0. The van der Waals surface area contributed by atoms with Gasteiger partial charge in [0, 0.05) is 31.8 Å². The Balaban J connectivity index is 1.83. The molecule has 1 aromatic carbocycles. The molecule has 0 saturated carbocycles. The third kappa shape index (κ3) is 3.32. The highest BCUT2D eigenvalue weighted by Crippen LogP contribution is 2.39. The quantitative estimate of drug-likeness (QED) is 0.495. The summed E-state index contributed by atoms with van der Waals surface area (Å²) in [5.41, 5.74) is 1.50. The van der Waals surface area contributed by atoms with E-state index in [1.54, 1.807) is 60.5 Å². The number of benzene rings is 1. The SMILES string of the molecule is COc1ccc(Cl)c2sc(N(Cc3cccnc3)C(=O)c3nccn3C)nc12. The fraction of sp³-hybridized carbons (Fsp3) is 0.158. The monoisotopic (exact) mass is 413 g/mol. The van der Waals surface area contributed by atoms with Crippen LogP contribution in [0.15, 0.2) is 49.1 Å². The minimum absolute atomic E-state index is 0.259. The number of aryl methyl sites for hydroxylation is 1. The number of methoxy groups -OCH3 is 1. The molecule has 28 heavy (non-hydrogen) atoms. The highest BCUT2D eigenvalue weighted by Gasteiger charge is 2.26. The number of nitrogens with zero attached hydrogens (tertiary/aromatic N) is 5. The number of amides is 1. The first kappa shape index (κ1) is 18.4. The molecule has 0 radical (unpaired) electrons. The summed E-state index contributed by atoms with van der Waals surface area (Å²) in [5.74, 6) is 0.666. The predicted molar refractivity (Wildman–Crippen MR) is 109 cm³/mol. The highest BCUT2D eigenvalue weighted by molar-refractivity contribution is 7.23. The lowest BCUT2D eigenvalue weighted by Gasteiger charge is -2.19. The van der Waals surface area contributed by atoms with Crippen LogP contribution in [0, 0.1) is 0 Å². The van der Waals surface area contributed by atoms with Crippen molar-refractivity contribution in [3.63, 3.8) is 0 Å². The van der Waals surface area contributed by atoms with Crippen LogP contribution in [0.25, 0.3) is 10.2 Å². The van der Waals surface area contributed by atoms with E-state index in [-0.39, 0.29) is 5.91 Å². The molecule has 3 aromatic heterocycles. The number of halogens is 1. The molecular weight excluding hydrogens is 398 g/mol. The number of carbonyl (C=O) groups excluding carboxylic acids is 1. The van der Waals surface area contributed by atoms with E-state index in [4.69, 9.17) is 16.3 Å². The molecule has 0 N–H and O–H groups in total. The van der Waals surface area contributed by atoms with Crippen LogP contribution in [0.4, 0.5) is 5.13 Å². The zero-order valence-corrected chi connectivity index (χ0v) is 16.7. The summed E-state index contributed by atoms with van der Waals surface area (Å²) in [6, 6.07) is 7.26. The van der Waals surface area contributed by atoms with Crippen molar-refractivity contribution in [1.29, 1.82) is 0 Å². The van der Waals surface area contributed by atoms with Gasteiger partial charge in [-0.15, -0.1) is 0 Å². The second kappa shape index (κ2) is 7.57. The van der Waals surface area contributed by atoms with Gasteiger partial charge in [-0.2, -0.15) is 0 Å². The zero-order chi connectivity index (χ0) is 19.7. The molecule has 0 aliphatic heterocycles. The molecule has 9 heteroatoms. The molecule has 4 rings (SSSR count). The Hall–Kier alpha value is -2.97. The number of hydrogen-bond donors (Lipinski definition) is 0. The molecule has 3 heterocycles. The van der Waals surface area contributed by atoms with E-state index in [0.717, 1.165) is 10.3 Å². The van der Waals surface area contributed by atoms with Crippen LogP contribution in [0.1, 0.15) is 16.2 Å². The molecule has 0 fully saturated rings. The van der Waals surface area contributed by atoms with Gasteiger partial charge in [0.1, 0.15) is 11.3 Å². The maximum atomic E-state index is 13.3. The van der Waals surface area contributed by atoms with Gasteiger partial charge in [-0.3, -0.25) is 14.7 Å². The van der Waals surface area contributed by atoms with E-state index >= 15 is 0 Å². The Kier molecular flexibility index (Phi) is 4.97. The van der Waals surface area contributed by atoms with Crippen molar-refractivity contribution < 1.29 is 9.53 Å². The second-order valence-corrected chi connectivity index (χ2v) is 7.42. The first-order valence-electron chi connectivity index (χ1n) is 8.39. The van der Waals surface area contributed by atoms with Gasteiger partial charge in [0.25, 0.3) is 5.91 Å². The molecule has 7 nitrogen and oxygen atoms in total. The number of carbonyl (C=O) groups is 1. The van der Waals surface area contributed by atoms with Gasteiger partial charge in [0.05, 0.1) is 23.4 Å². The molecule has 0 atom stereocenters. The third-order valence-electron chi connectivity index (χ3n) is 4.22. The Morgan fingerprint density at radius 2 is 2.18 bits per heavy atom. The summed E-state index contributed by atoms with van der Waals surface area (Å²) >= 11 is 7.69. The van der Waals surface area contributed by atoms with Gasteiger partial charge >= 0.3 is 0 Å². The van der Waals surface area contributed by atoms with Crippen LogP contribution < -0.4 is 9.64 Å². The maximum Gasteiger partial charge on any atom is 0.296 e. The Bertz CT molecular complexity index is 1140. The molecule has 142 valence electrons. The number of pyridine rings is 1. The van der Waals surface area contributed by atoms with Crippen LogP contribution in [0.2, 0.25) is 5.02 Å². The van der Waals surface area contributed by atoms with Gasteiger partial charge in [-0.1, -0.05) is 29.0 Å². The standard InChI is InChI=1S/C19H16ClN5O2S/c1-24-9-8-22-17(24)18(26)25(11-12-4-3-7-21-10-12)19-23-15-14(27-2)6-5-13(20)16(15)28-19/h3-10H,11H2,1-2H3. The Morgan fingerprint density at radius 3 is 2.86 bits per heavy atom. The zero-order valence-electron chi connectivity index (χ0n) is 15.2. The average Bonchev–Trinajstić information content (AvgIpc) is 3.34. The van der Waals surface area contributed by atoms with E-state index < -0.39 is 0 Å². The van der Waals surface area contributed by atoms with Gasteiger partial charge in [0.15, 0.2) is 11.0 Å². The van der Waals surface area contributed by atoms with Gasteiger partial charge in [-0.05, 0) is 23.8 Å². The van der Waals surface area contributed by atoms with Crippen LogP contribution in [0.3, 0.4) is 0 Å². The number of fused-ring (bicyclic) bond motifs is 1. The maximum absolute atomic E-state index is 13.3. The molecule has 0 bridgehead atoms. The number of hydrogen-bond acceptors (Lipinski definition) is 6.